The van der Waals surface area contributed by atoms with Crippen molar-refractivity contribution in [2.24, 2.45) is 0 Å². The maximum atomic E-state index is 8.68. The lowest BCUT2D eigenvalue weighted by Crippen LogP contribution is -2.02. The molecule has 72 valence electrons. The highest BCUT2D eigenvalue weighted by molar-refractivity contribution is 7.66. The van der Waals surface area contributed by atoms with Crippen molar-refractivity contribution in [3.8, 4) is 30.3 Å². The summed E-state index contributed by atoms with van der Waals surface area (Å²) >= 11 is 0. The molecule has 0 aliphatic rings. The lowest BCUT2D eigenvalue weighted by molar-refractivity contribution is 1.34. The molecule has 0 heterocycles. The highest BCUT2D eigenvalue weighted by atomic mass is 31.1. The van der Waals surface area contributed by atoms with E-state index in [-0.39, 0.29) is 10.6 Å². The summed E-state index contributed by atoms with van der Waals surface area (Å²) in [7, 11) is -2.02. The first-order valence-corrected chi connectivity index (χ1v) is 5.06. The monoisotopic (exact) mass is 225 g/mol. The van der Waals surface area contributed by atoms with Crippen LogP contribution in [0.15, 0.2) is 5.31 Å². The van der Waals surface area contributed by atoms with E-state index in [0.717, 1.165) is 0 Å². The van der Waals surface area contributed by atoms with Crippen molar-refractivity contribution < 1.29 is 0 Å². The molecule has 1 N–H and O–H groups in total. The molecule has 0 aliphatic carbocycles. The minimum atomic E-state index is -2.02. The van der Waals surface area contributed by atoms with Gasteiger partial charge in [-0.1, -0.05) is 0 Å². The van der Waals surface area contributed by atoms with Gasteiger partial charge in [-0.2, -0.15) is 26.3 Å². The molecular formula is C9H2N6P+. The van der Waals surface area contributed by atoms with Gasteiger partial charge in [0.15, 0.2) is 18.2 Å². The molecule has 0 fully saturated rings. The van der Waals surface area contributed by atoms with Crippen LogP contribution < -0.4 is 0 Å². The Morgan fingerprint density at radius 2 is 1.44 bits per heavy atom. The molecule has 16 heavy (non-hydrogen) atoms. The summed E-state index contributed by atoms with van der Waals surface area (Å²) in [6, 6.07) is 7.84. The summed E-state index contributed by atoms with van der Waals surface area (Å²) in [6.07, 6.45) is 0. The van der Waals surface area contributed by atoms with E-state index in [1.165, 1.54) is 12.1 Å². The number of hydrogen-bond donors (Lipinski definition) is 1. The zero-order valence-corrected chi connectivity index (χ0v) is 8.66. The number of nitrogens with zero attached hydrogens (tertiary/aromatic N) is 5. The Kier molecular flexibility index (Phi) is 5.32. The zero-order chi connectivity index (χ0) is 12.6. The van der Waals surface area contributed by atoms with Crippen molar-refractivity contribution in [1.29, 1.82) is 31.7 Å². The van der Waals surface area contributed by atoms with Crippen LogP contribution in [0, 0.1) is 62.1 Å². The molecule has 1 unspecified atom stereocenters. The van der Waals surface area contributed by atoms with E-state index in [4.69, 9.17) is 31.7 Å². The summed E-state index contributed by atoms with van der Waals surface area (Å²) in [5.74, 6) is 1.76. The van der Waals surface area contributed by atoms with Gasteiger partial charge < -0.3 is 0 Å². The Balaban J connectivity index is 6.17. The largest absolute Gasteiger partial charge is 0.304 e. The summed E-state index contributed by atoms with van der Waals surface area (Å²) in [5, 5.41) is 49.5. The SMILES string of the molecule is N#CC(=C=N)[P+](=C(C#N)C#N)C(C#N)C#N. The standard InChI is InChI=1S/C9H2N6P/c10-1-7(2-11)16(8(3-12)4-13)9(5-14)6-15/h7,12H/q+1. The van der Waals surface area contributed by atoms with Crippen LogP contribution in [-0.4, -0.2) is 16.8 Å². The average Bonchev–Trinajstić information content (AvgIpc) is 2.33. The van der Waals surface area contributed by atoms with Crippen molar-refractivity contribution in [3.63, 3.8) is 0 Å². The first kappa shape index (κ1) is 13.1. The summed E-state index contributed by atoms with van der Waals surface area (Å²) in [5.41, 5.74) is -1.29. The second-order valence-corrected chi connectivity index (χ2v) is 4.34. The van der Waals surface area contributed by atoms with Crippen LogP contribution in [0.3, 0.4) is 0 Å². The number of allylic oxidation sites excluding steroid dienone is 1. The third-order valence-corrected chi connectivity index (χ3v) is 3.54. The van der Waals surface area contributed by atoms with Gasteiger partial charge in [0.05, 0.1) is 0 Å². The smallest absolute Gasteiger partial charge is 0.254 e. The predicted molar refractivity (Wildman–Crippen MR) is 55.0 cm³/mol. The molecule has 7 heteroatoms. The van der Waals surface area contributed by atoms with Crippen LogP contribution in [-0.2, 0) is 0 Å². The van der Waals surface area contributed by atoms with E-state index in [1.54, 1.807) is 24.1 Å². The highest BCUT2D eigenvalue weighted by Gasteiger charge is 2.35. The number of nitrogens with one attached hydrogen (secondary N) is 1. The topological polar surface area (TPSA) is 143 Å². The lowest BCUT2D eigenvalue weighted by atomic mass is 10.5. The van der Waals surface area contributed by atoms with Gasteiger partial charge in [-0.3, -0.25) is 5.41 Å². The minimum absolute atomic E-state index is 0.318. The maximum absolute atomic E-state index is 8.68. The second-order valence-electron chi connectivity index (χ2n) is 2.19. The third kappa shape index (κ3) is 2.53. The summed E-state index contributed by atoms with van der Waals surface area (Å²) < 4.78 is 0. The van der Waals surface area contributed by atoms with Crippen LogP contribution in [0.25, 0.3) is 0 Å². The second kappa shape index (κ2) is 6.51. The lowest BCUT2D eigenvalue weighted by Gasteiger charge is -1.89. The first-order chi connectivity index (χ1) is 7.69. The summed E-state index contributed by atoms with van der Waals surface area (Å²) in [4.78, 5) is 0. The fourth-order valence-electron chi connectivity index (χ4n) is 0.789. The molecule has 0 spiro atoms. The average molecular weight is 225 g/mol. The van der Waals surface area contributed by atoms with Gasteiger partial charge >= 0.3 is 5.29 Å². The Morgan fingerprint density at radius 3 is 1.69 bits per heavy atom. The van der Waals surface area contributed by atoms with E-state index in [2.05, 4.69) is 0 Å². The van der Waals surface area contributed by atoms with E-state index >= 15 is 0 Å². The van der Waals surface area contributed by atoms with Crippen molar-refractivity contribution in [3.05, 3.63) is 5.31 Å². The Bertz CT molecular complexity index is 558. The van der Waals surface area contributed by atoms with Crippen LogP contribution >= 0.6 is 7.55 Å². The Morgan fingerprint density at radius 1 is 0.938 bits per heavy atom. The van der Waals surface area contributed by atoms with E-state index in [0.29, 0.717) is 0 Å². The molecule has 0 rings (SSSR count). The van der Waals surface area contributed by atoms with Gasteiger partial charge in [0.2, 0.25) is 7.55 Å². The quantitative estimate of drug-likeness (QED) is 0.419. The molecule has 1 atom stereocenters. The zero-order valence-electron chi connectivity index (χ0n) is 7.76. The van der Waals surface area contributed by atoms with Crippen LogP contribution in [0.1, 0.15) is 0 Å². The molecule has 0 aromatic carbocycles. The van der Waals surface area contributed by atoms with Crippen LogP contribution in [0.4, 0.5) is 0 Å². The van der Waals surface area contributed by atoms with E-state index < -0.39 is 13.2 Å². The first-order valence-electron chi connectivity index (χ1n) is 3.65. The van der Waals surface area contributed by atoms with Gasteiger partial charge in [0.1, 0.15) is 12.1 Å². The predicted octanol–water partition coefficient (Wildman–Crippen LogP) is 0.760. The highest BCUT2D eigenvalue weighted by Crippen LogP contribution is 2.38. The van der Waals surface area contributed by atoms with Gasteiger partial charge in [-0.05, 0) is 0 Å². The molecule has 0 aromatic heterocycles. The van der Waals surface area contributed by atoms with Crippen molar-refractivity contribution in [2.75, 3.05) is 0 Å². The van der Waals surface area contributed by atoms with Crippen LogP contribution in [0.2, 0.25) is 0 Å². The fourth-order valence-corrected chi connectivity index (χ4v) is 2.20. The van der Waals surface area contributed by atoms with E-state index in [9.17, 15) is 0 Å². The van der Waals surface area contributed by atoms with E-state index in [1.807, 2.05) is 0 Å². The third-order valence-electron chi connectivity index (χ3n) is 1.42. The van der Waals surface area contributed by atoms with Crippen LogP contribution in [0.5, 0.6) is 0 Å². The molecule has 0 amide bonds. The molecule has 0 saturated carbocycles. The van der Waals surface area contributed by atoms with Gasteiger partial charge in [0.25, 0.3) is 11.0 Å². The molecular weight excluding hydrogens is 223 g/mol. The molecule has 0 saturated heterocycles. The molecule has 0 aromatic rings. The number of nitriles is 5. The molecule has 6 nitrogen and oxygen atoms in total. The normalized spacial score (nSPS) is 8.12. The van der Waals surface area contributed by atoms with Gasteiger partial charge in [-0.25, -0.2) is 0 Å². The maximum Gasteiger partial charge on any atom is 0.304 e. The number of rotatable bonds is 2. The van der Waals surface area contributed by atoms with Gasteiger partial charge in [0, 0.05) is 5.87 Å². The van der Waals surface area contributed by atoms with Crippen molar-refractivity contribution in [2.45, 2.75) is 5.66 Å². The van der Waals surface area contributed by atoms with Crippen molar-refractivity contribution >= 4 is 18.7 Å². The summed E-state index contributed by atoms with van der Waals surface area (Å²) in [6.45, 7) is 0. The Labute approximate surface area is 92.4 Å². The Hall–Kier alpha value is -2.93. The van der Waals surface area contributed by atoms with Gasteiger partial charge in [-0.15, -0.1) is 0 Å². The minimum Gasteiger partial charge on any atom is -0.254 e. The van der Waals surface area contributed by atoms with Crippen molar-refractivity contribution in [1.82, 2.24) is 0 Å². The number of hydrogen-bond acceptors (Lipinski definition) is 6. The fraction of sp³-hybridized carbons (Fsp3) is 0.111. The molecule has 0 radical (unpaired) electrons. The molecule has 0 aliphatic heterocycles. The molecule has 0 bridgehead atoms.